The van der Waals surface area contributed by atoms with Crippen molar-refractivity contribution in [3.63, 3.8) is 0 Å². The van der Waals surface area contributed by atoms with Gasteiger partial charge in [0, 0.05) is 12.1 Å². The lowest BCUT2D eigenvalue weighted by Crippen LogP contribution is -2.29. The second kappa shape index (κ2) is 8.66. The molecule has 0 saturated carbocycles. The Morgan fingerprint density at radius 3 is 2.76 bits per heavy atom. The van der Waals surface area contributed by atoms with Gasteiger partial charge in [-0.3, -0.25) is 0 Å². The van der Waals surface area contributed by atoms with Gasteiger partial charge in [0.15, 0.2) is 0 Å². The molecule has 1 rings (SSSR count). The van der Waals surface area contributed by atoms with Crippen molar-refractivity contribution in [3.05, 3.63) is 28.8 Å². The first kappa shape index (κ1) is 18.3. The van der Waals surface area contributed by atoms with E-state index in [9.17, 15) is 8.42 Å². The number of nitrogens with one attached hydrogen (secondary N) is 1. The summed E-state index contributed by atoms with van der Waals surface area (Å²) in [6, 6.07) is 4.61. The molecule has 4 nitrogen and oxygen atoms in total. The van der Waals surface area contributed by atoms with E-state index in [1.165, 1.54) is 12.1 Å². The summed E-state index contributed by atoms with van der Waals surface area (Å²) in [6.07, 6.45) is 1.99. The van der Waals surface area contributed by atoms with Gasteiger partial charge >= 0.3 is 0 Å². The maximum Gasteiger partial charge on any atom is 0.242 e. The summed E-state index contributed by atoms with van der Waals surface area (Å²) in [6.45, 7) is 2.62. The van der Waals surface area contributed by atoms with E-state index in [4.69, 9.17) is 17.3 Å². The van der Waals surface area contributed by atoms with Crippen molar-refractivity contribution >= 4 is 33.4 Å². The van der Waals surface area contributed by atoms with Crippen LogP contribution in [0, 0.1) is 17.8 Å². The Kier molecular flexibility index (Phi) is 7.57. The smallest absolute Gasteiger partial charge is 0.242 e. The van der Waals surface area contributed by atoms with Gasteiger partial charge in [-0.15, -0.1) is 0 Å². The monoisotopic (exact) mass is 346 g/mol. The lowest BCUT2D eigenvalue weighted by molar-refractivity contribution is 0.562. The largest absolute Gasteiger partial charge is 0.320 e. The SMILES string of the molecule is CSCC(C)CNS(=O)(=O)c1ccc(C#CCN)cc1Cl. The molecule has 21 heavy (non-hydrogen) atoms. The quantitative estimate of drug-likeness (QED) is 0.772. The van der Waals surface area contributed by atoms with Crippen LogP contribution in [0.5, 0.6) is 0 Å². The Labute approximate surface area is 135 Å². The summed E-state index contributed by atoms with van der Waals surface area (Å²) in [5.41, 5.74) is 5.93. The van der Waals surface area contributed by atoms with Crippen molar-refractivity contribution < 1.29 is 8.42 Å². The molecular formula is C14H19ClN2O2S2. The van der Waals surface area contributed by atoms with Crippen LogP contribution in [0.1, 0.15) is 12.5 Å². The normalized spacial score (nSPS) is 12.6. The van der Waals surface area contributed by atoms with Crippen molar-refractivity contribution in [1.82, 2.24) is 4.72 Å². The lowest BCUT2D eigenvalue weighted by atomic mass is 10.2. The molecule has 0 saturated heterocycles. The highest BCUT2D eigenvalue weighted by atomic mass is 35.5. The number of sulfonamides is 1. The molecule has 0 fully saturated rings. The highest BCUT2D eigenvalue weighted by Gasteiger charge is 2.18. The molecule has 7 heteroatoms. The molecule has 1 atom stereocenters. The first-order valence-electron chi connectivity index (χ1n) is 6.37. The van der Waals surface area contributed by atoms with Gasteiger partial charge in [0.05, 0.1) is 11.6 Å². The van der Waals surface area contributed by atoms with Gasteiger partial charge in [-0.2, -0.15) is 11.8 Å². The topological polar surface area (TPSA) is 72.2 Å². The fourth-order valence-electron chi connectivity index (χ4n) is 1.62. The third kappa shape index (κ3) is 5.89. The Bertz CT molecular complexity index is 636. The zero-order valence-electron chi connectivity index (χ0n) is 12.0. The third-order valence-corrected chi connectivity index (χ3v) is 5.44. The Morgan fingerprint density at radius 2 is 2.19 bits per heavy atom. The molecule has 0 aliphatic carbocycles. The Morgan fingerprint density at radius 1 is 1.48 bits per heavy atom. The molecule has 1 aromatic carbocycles. The van der Waals surface area contributed by atoms with Crippen LogP contribution in [0.2, 0.25) is 5.02 Å². The molecule has 0 bridgehead atoms. The van der Waals surface area contributed by atoms with E-state index in [0.717, 1.165) is 5.75 Å². The maximum absolute atomic E-state index is 12.2. The van der Waals surface area contributed by atoms with Crippen LogP contribution in [-0.2, 0) is 10.0 Å². The molecule has 0 aromatic heterocycles. The summed E-state index contributed by atoms with van der Waals surface area (Å²) < 4.78 is 27.0. The standard InChI is InChI=1S/C14H19ClN2O2S2/c1-11(10-20-2)9-17-21(18,19)14-6-5-12(4-3-7-16)8-13(14)15/h5-6,8,11,17H,7,9-10,16H2,1-2H3. The summed E-state index contributed by atoms with van der Waals surface area (Å²) in [4.78, 5) is 0.0683. The summed E-state index contributed by atoms with van der Waals surface area (Å²) in [5, 5.41) is 0.156. The minimum Gasteiger partial charge on any atom is -0.320 e. The summed E-state index contributed by atoms with van der Waals surface area (Å²) >= 11 is 7.73. The summed E-state index contributed by atoms with van der Waals surface area (Å²) in [7, 11) is -3.61. The van der Waals surface area contributed by atoms with Crippen molar-refractivity contribution in [2.24, 2.45) is 11.7 Å². The summed E-state index contributed by atoms with van der Waals surface area (Å²) in [5.74, 6) is 6.65. The molecule has 0 aliphatic heterocycles. The van der Waals surface area contributed by atoms with Gasteiger partial charge in [-0.05, 0) is 36.1 Å². The number of rotatable bonds is 6. The zero-order valence-corrected chi connectivity index (χ0v) is 14.4. The van der Waals surface area contributed by atoms with Crippen LogP contribution >= 0.6 is 23.4 Å². The Hall–Kier alpha value is -0.710. The highest BCUT2D eigenvalue weighted by molar-refractivity contribution is 7.98. The molecule has 116 valence electrons. The van der Waals surface area contributed by atoms with Gasteiger partial charge in [-0.1, -0.05) is 30.4 Å². The van der Waals surface area contributed by atoms with E-state index in [2.05, 4.69) is 16.6 Å². The molecule has 0 spiro atoms. The third-order valence-electron chi connectivity index (χ3n) is 2.63. The molecular weight excluding hydrogens is 328 g/mol. The fourth-order valence-corrected chi connectivity index (χ4v) is 4.02. The van der Waals surface area contributed by atoms with Crippen LogP contribution in [0.3, 0.4) is 0 Å². The number of halogens is 1. The van der Waals surface area contributed by atoms with Gasteiger partial charge in [-0.25, -0.2) is 13.1 Å². The second-order valence-corrected chi connectivity index (χ2v) is 7.62. The predicted molar refractivity (Wildman–Crippen MR) is 90.1 cm³/mol. The van der Waals surface area contributed by atoms with Crippen molar-refractivity contribution in [2.75, 3.05) is 25.1 Å². The molecule has 1 aromatic rings. The van der Waals surface area contributed by atoms with Gasteiger partial charge < -0.3 is 5.73 Å². The van der Waals surface area contributed by atoms with Crippen molar-refractivity contribution in [2.45, 2.75) is 11.8 Å². The van der Waals surface area contributed by atoms with Gasteiger partial charge in [0.25, 0.3) is 0 Å². The lowest BCUT2D eigenvalue weighted by Gasteiger charge is -2.12. The second-order valence-electron chi connectivity index (χ2n) is 4.56. The van der Waals surface area contributed by atoms with Crippen LogP contribution < -0.4 is 10.5 Å². The number of thioether (sulfide) groups is 1. The average Bonchev–Trinajstić information content (AvgIpc) is 2.43. The number of hydrogen-bond donors (Lipinski definition) is 2. The van der Waals surface area contributed by atoms with E-state index in [-0.39, 0.29) is 22.4 Å². The van der Waals surface area contributed by atoms with Crippen LogP contribution in [0.4, 0.5) is 0 Å². The predicted octanol–water partition coefficient (Wildman–Crippen LogP) is 1.93. The highest BCUT2D eigenvalue weighted by Crippen LogP contribution is 2.22. The number of benzene rings is 1. The Balaban J connectivity index is 2.88. The number of hydrogen-bond acceptors (Lipinski definition) is 4. The van der Waals surface area contributed by atoms with Gasteiger partial charge in [0.1, 0.15) is 4.90 Å². The van der Waals surface area contributed by atoms with Crippen molar-refractivity contribution in [1.29, 1.82) is 0 Å². The first-order chi connectivity index (χ1) is 9.90. The first-order valence-corrected chi connectivity index (χ1v) is 9.63. The van der Waals surface area contributed by atoms with Gasteiger partial charge in [0.2, 0.25) is 10.0 Å². The minimum atomic E-state index is -3.61. The molecule has 0 heterocycles. The van der Waals surface area contributed by atoms with Crippen LogP contribution in [0.25, 0.3) is 0 Å². The van der Waals surface area contributed by atoms with Crippen LogP contribution in [0.15, 0.2) is 23.1 Å². The molecule has 0 radical (unpaired) electrons. The molecule has 0 aliphatic rings. The van der Waals surface area contributed by atoms with Crippen molar-refractivity contribution in [3.8, 4) is 11.8 Å². The van der Waals surface area contributed by atoms with E-state index < -0.39 is 10.0 Å². The van der Waals surface area contributed by atoms with E-state index in [1.807, 2.05) is 13.2 Å². The van der Waals surface area contributed by atoms with E-state index in [0.29, 0.717) is 12.1 Å². The van der Waals surface area contributed by atoms with E-state index in [1.54, 1.807) is 17.8 Å². The average molecular weight is 347 g/mol. The molecule has 1 unspecified atom stereocenters. The maximum atomic E-state index is 12.2. The van der Waals surface area contributed by atoms with Crippen LogP contribution in [-0.4, -0.2) is 33.5 Å². The number of nitrogens with two attached hydrogens (primary N) is 1. The minimum absolute atomic E-state index is 0.0683. The fraction of sp³-hybridized carbons (Fsp3) is 0.429. The zero-order chi connectivity index (χ0) is 15.9. The molecule has 0 amide bonds. The molecule has 3 N–H and O–H groups in total. The van der Waals surface area contributed by atoms with E-state index >= 15 is 0 Å².